The number of amides is 1. The quantitative estimate of drug-likeness (QED) is 0.906. The first-order valence-corrected chi connectivity index (χ1v) is 6.62. The maximum atomic E-state index is 12.2. The van der Waals surface area contributed by atoms with E-state index >= 15 is 0 Å². The van der Waals surface area contributed by atoms with E-state index in [1.165, 1.54) is 36.4 Å². The van der Waals surface area contributed by atoms with E-state index in [9.17, 15) is 9.59 Å². The minimum atomic E-state index is -0.992. The predicted octanol–water partition coefficient (Wildman–Crippen LogP) is 2.11. The van der Waals surface area contributed by atoms with E-state index in [1.807, 2.05) is 12.1 Å². The number of rotatable bonds is 3. The Hall–Kier alpha value is -1.84. The van der Waals surface area contributed by atoms with Crippen molar-refractivity contribution < 1.29 is 14.7 Å². The van der Waals surface area contributed by atoms with Crippen molar-refractivity contribution in [2.75, 3.05) is 7.05 Å². The molecule has 2 rings (SSSR count). The normalized spacial score (nSPS) is 15.5. The lowest BCUT2D eigenvalue weighted by Crippen LogP contribution is -2.40. The van der Waals surface area contributed by atoms with Crippen LogP contribution in [-0.2, 0) is 17.6 Å². The Morgan fingerprint density at radius 3 is 2.47 bits per heavy atom. The molecule has 1 aromatic rings. The fourth-order valence-electron chi connectivity index (χ4n) is 2.41. The third kappa shape index (κ3) is 2.78. The molecule has 0 aliphatic heterocycles. The molecule has 1 aliphatic carbocycles. The number of aryl methyl sites for hydroxylation is 2. The average molecular weight is 261 g/mol. The molecule has 1 aliphatic rings. The van der Waals surface area contributed by atoms with Gasteiger partial charge in [0.25, 0.3) is 5.91 Å². The molecular weight excluding hydrogens is 242 g/mol. The van der Waals surface area contributed by atoms with Gasteiger partial charge in [0, 0.05) is 12.6 Å². The molecule has 102 valence electrons. The van der Waals surface area contributed by atoms with Crippen LogP contribution in [0.2, 0.25) is 0 Å². The van der Waals surface area contributed by atoms with E-state index < -0.39 is 12.0 Å². The van der Waals surface area contributed by atoms with Crippen molar-refractivity contribution in [2.45, 2.75) is 38.6 Å². The number of nitrogens with zero attached hydrogens (tertiary/aromatic N) is 1. The fraction of sp³-hybridized carbons (Fsp3) is 0.467. The topological polar surface area (TPSA) is 57.6 Å². The van der Waals surface area contributed by atoms with Crippen LogP contribution in [0.5, 0.6) is 0 Å². The maximum Gasteiger partial charge on any atom is 0.326 e. The number of hydrogen-bond acceptors (Lipinski definition) is 2. The lowest BCUT2D eigenvalue weighted by atomic mass is 9.90. The van der Waals surface area contributed by atoms with Crippen LogP contribution in [0.1, 0.15) is 41.3 Å². The lowest BCUT2D eigenvalue weighted by molar-refractivity contribution is -0.141. The molecule has 0 saturated carbocycles. The zero-order valence-corrected chi connectivity index (χ0v) is 11.3. The molecule has 0 bridgehead atoms. The first kappa shape index (κ1) is 13.6. The molecule has 19 heavy (non-hydrogen) atoms. The maximum absolute atomic E-state index is 12.2. The molecule has 4 nitrogen and oxygen atoms in total. The summed E-state index contributed by atoms with van der Waals surface area (Å²) in [5.74, 6) is -1.22. The Kier molecular flexibility index (Phi) is 3.88. The number of carbonyl (C=O) groups is 2. The third-order valence-corrected chi connectivity index (χ3v) is 3.85. The number of likely N-dealkylation sites (N-methyl/N-ethyl adjacent to an activating group) is 1. The summed E-state index contributed by atoms with van der Waals surface area (Å²) < 4.78 is 0. The van der Waals surface area contributed by atoms with Crippen LogP contribution < -0.4 is 0 Å². The van der Waals surface area contributed by atoms with E-state index in [-0.39, 0.29) is 5.91 Å². The van der Waals surface area contributed by atoms with Crippen LogP contribution in [0.4, 0.5) is 0 Å². The van der Waals surface area contributed by atoms with Crippen molar-refractivity contribution in [3.63, 3.8) is 0 Å². The van der Waals surface area contributed by atoms with Crippen molar-refractivity contribution in [1.29, 1.82) is 0 Å². The second-order valence-electron chi connectivity index (χ2n) is 5.12. The van der Waals surface area contributed by atoms with Gasteiger partial charge in [-0.05, 0) is 55.9 Å². The van der Waals surface area contributed by atoms with Crippen molar-refractivity contribution in [3.8, 4) is 0 Å². The highest BCUT2D eigenvalue weighted by molar-refractivity contribution is 5.96. The Bertz CT molecular complexity index is 510. The number of benzene rings is 1. The van der Waals surface area contributed by atoms with E-state index in [0.29, 0.717) is 5.56 Å². The third-order valence-electron chi connectivity index (χ3n) is 3.85. The summed E-state index contributed by atoms with van der Waals surface area (Å²) in [6, 6.07) is 4.91. The van der Waals surface area contributed by atoms with Crippen molar-refractivity contribution in [1.82, 2.24) is 4.90 Å². The zero-order valence-electron chi connectivity index (χ0n) is 11.3. The SMILES string of the molecule is CC(C(=O)O)N(C)C(=O)c1ccc2c(c1)CCCC2. The van der Waals surface area contributed by atoms with Crippen LogP contribution in [0.15, 0.2) is 18.2 Å². The van der Waals surface area contributed by atoms with Crippen molar-refractivity contribution in [2.24, 2.45) is 0 Å². The molecule has 0 aromatic heterocycles. The van der Waals surface area contributed by atoms with E-state index in [0.717, 1.165) is 19.3 Å². The van der Waals surface area contributed by atoms with Gasteiger partial charge < -0.3 is 10.0 Å². The summed E-state index contributed by atoms with van der Waals surface area (Å²) in [5, 5.41) is 8.95. The van der Waals surface area contributed by atoms with Gasteiger partial charge in [0.2, 0.25) is 0 Å². The van der Waals surface area contributed by atoms with Crippen molar-refractivity contribution in [3.05, 3.63) is 34.9 Å². The molecule has 1 amide bonds. The van der Waals surface area contributed by atoms with Crippen molar-refractivity contribution >= 4 is 11.9 Å². The summed E-state index contributed by atoms with van der Waals surface area (Å²) in [4.78, 5) is 24.4. The van der Waals surface area contributed by atoms with Crippen LogP contribution in [-0.4, -0.2) is 35.0 Å². The zero-order chi connectivity index (χ0) is 14.0. The fourth-order valence-corrected chi connectivity index (χ4v) is 2.41. The molecule has 0 heterocycles. The van der Waals surface area contributed by atoms with Gasteiger partial charge in [0.05, 0.1) is 0 Å². The van der Waals surface area contributed by atoms with Gasteiger partial charge in [-0.3, -0.25) is 4.79 Å². The molecule has 1 N–H and O–H groups in total. The standard InChI is InChI=1S/C15H19NO3/c1-10(15(18)19)16(2)14(17)13-8-7-11-5-3-4-6-12(11)9-13/h7-10H,3-6H2,1-2H3,(H,18,19). The summed E-state index contributed by atoms with van der Waals surface area (Å²) in [7, 11) is 1.53. The number of fused-ring (bicyclic) bond motifs is 1. The minimum absolute atomic E-state index is 0.233. The summed E-state index contributed by atoms with van der Waals surface area (Å²) in [5.41, 5.74) is 3.13. The number of hydrogen-bond donors (Lipinski definition) is 1. The van der Waals surface area contributed by atoms with Gasteiger partial charge in [-0.1, -0.05) is 6.07 Å². The van der Waals surface area contributed by atoms with Gasteiger partial charge in [-0.15, -0.1) is 0 Å². The summed E-state index contributed by atoms with van der Waals surface area (Å²) in [6.07, 6.45) is 4.45. The Morgan fingerprint density at radius 2 is 1.84 bits per heavy atom. The largest absolute Gasteiger partial charge is 0.480 e. The monoisotopic (exact) mass is 261 g/mol. The molecule has 0 fully saturated rings. The first-order chi connectivity index (χ1) is 9.00. The van der Waals surface area contributed by atoms with Gasteiger partial charge in [-0.2, -0.15) is 0 Å². The molecule has 1 unspecified atom stereocenters. The molecule has 0 spiro atoms. The highest BCUT2D eigenvalue weighted by atomic mass is 16.4. The second kappa shape index (κ2) is 5.43. The number of carboxylic acids is 1. The highest BCUT2D eigenvalue weighted by Gasteiger charge is 2.23. The Balaban J connectivity index is 2.22. The van der Waals surface area contributed by atoms with Gasteiger partial charge in [0.15, 0.2) is 0 Å². The molecule has 0 radical (unpaired) electrons. The van der Waals surface area contributed by atoms with Gasteiger partial charge in [0.1, 0.15) is 6.04 Å². The van der Waals surface area contributed by atoms with Crippen LogP contribution in [0, 0.1) is 0 Å². The van der Waals surface area contributed by atoms with Gasteiger partial charge in [-0.25, -0.2) is 4.79 Å². The summed E-state index contributed by atoms with van der Waals surface area (Å²) in [6.45, 7) is 1.51. The van der Waals surface area contributed by atoms with E-state index in [2.05, 4.69) is 0 Å². The second-order valence-corrected chi connectivity index (χ2v) is 5.12. The average Bonchev–Trinajstić information content (AvgIpc) is 2.44. The molecular formula is C15H19NO3. The highest BCUT2D eigenvalue weighted by Crippen LogP contribution is 2.22. The van der Waals surface area contributed by atoms with E-state index in [1.54, 1.807) is 6.07 Å². The molecule has 1 aromatic carbocycles. The molecule has 1 atom stereocenters. The Morgan fingerprint density at radius 1 is 1.21 bits per heavy atom. The molecule has 4 heteroatoms. The lowest BCUT2D eigenvalue weighted by Gasteiger charge is -2.23. The minimum Gasteiger partial charge on any atom is -0.480 e. The smallest absolute Gasteiger partial charge is 0.326 e. The summed E-state index contributed by atoms with van der Waals surface area (Å²) >= 11 is 0. The Labute approximate surface area is 113 Å². The molecule has 0 saturated heterocycles. The number of carboxylic acid groups (broad SMARTS) is 1. The van der Waals surface area contributed by atoms with Crippen LogP contribution in [0.3, 0.4) is 0 Å². The van der Waals surface area contributed by atoms with Gasteiger partial charge >= 0.3 is 5.97 Å². The number of carbonyl (C=O) groups excluding carboxylic acids is 1. The number of aliphatic carboxylic acids is 1. The predicted molar refractivity (Wildman–Crippen MR) is 72.3 cm³/mol. The van der Waals surface area contributed by atoms with Crippen LogP contribution >= 0.6 is 0 Å². The van der Waals surface area contributed by atoms with E-state index in [4.69, 9.17) is 5.11 Å². The van der Waals surface area contributed by atoms with Crippen LogP contribution in [0.25, 0.3) is 0 Å². The first-order valence-electron chi connectivity index (χ1n) is 6.62.